The van der Waals surface area contributed by atoms with Gasteiger partial charge in [0.25, 0.3) is 0 Å². The highest BCUT2D eigenvalue weighted by atomic mass is 32.1. The molecular weight excluding hydrogens is 198 g/mol. The molecular formula is C5H3N3O4S. The van der Waals surface area contributed by atoms with Crippen LogP contribution in [0.5, 0.6) is 0 Å². The quantitative estimate of drug-likeness (QED) is 0.664. The van der Waals surface area contributed by atoms with Gasteiger partial charge in [0, 0.05) is 5.18 Å². The van der Waals surface area contributed by atoms with Crippen LogP contribution in [0.25, 0.3) is 0 Å². The molecule has 68 valence electrons. The smallest absolute Gasteiger partial charge is 0.348 e. The van der Waals surface area contributed by atoms with Crippen LogP contribution in [0.2, 0.25) is 0 Å². The minimum Gasteiger partial charge on any atom is -0.477 e. The minimum atomic E-state index is -1.36. The van der Waals surface area contributed by atoms with E-state index in [0.29, 0.717) is 11.3 Å². The molecule has 0 saturated carbocycles. The summed E-state index contributed by atoms with van der Waals surface area (Å²) in [5.41, 5.74) is 4.65. The van der Waals surface area contributed by atoms with Gasteiger partial charge >= 0.3 is 11.9 Å². The summed E-state index contributed by atoms with van der Waals surface area (Å²) >= 11 is 0.614. The molecule has 1 amide bonds. The Morgan fingerprint density at radius 3 is 2.62 bits per heavy atom. The van der Waals surface area contributed by atoms with E-state index in [9.17, 15) is 14.5 Å². The number of nitrogens with two attached hydrogens (primary N) is 1. The van der Waals surface area contributed by atoms with Crippen molar-refractivity contribution < 1.29 is 14.7 Å². The van der Waals surface area contributed by atoms with E-state index in [-0.39, 0.29) is 10.0 Å². The number of anilines is 1. The van der Waals surface area contributed by atoms with Crippen LogP contribution in [-0.4, -0.2) is 22.0 Å². The predicted octanol–water partition coefficient (Wildman–Crippen LogP) is 0.330. The van der Waals surface area contributed by atoms with Crippen molar-refractivity contribution in [2.75, 3.05) is 5.73 Å². The highest BCUT2D eigenvalue weighted by molar-refractivity contribution is 7.17. The van der Waals surface area contributed by atoms with Gasteiger partial charge < -0.3 is 10.8 Å². The van der Waals surface area contributed by atoms with Gasteiger partial charge in [-0.15, -0.1) is 4.91 Å². The molecule has 1 rings (SSSR count). The SMILES string of the molecule is Nc1nc(C(=O)N=O)c(C(=O)O)s1. The maximum atomic E-state index is 10.7. The number of aromatic carboxylic acids is 1. The van der Waals surface area contributed by atoms with E-state index in [1.807, 2.05) is 0 Å². The fraction of sp³-hybridized carbons (Fsp3) is 0. The number of nitroso groups, excluding NO2 is 1. The molecule has 1 heterocycles. The van der Waals surface area contributed by atoms with Gasteiger partial charge in [-0.05, 0) is 0 Å². The third kappa shape index (κ3) is 1.67. The van der Waals surface area contributed by atoms with Crippen LogP contribution in [0.4, 0.5) is 5.13 Å². The third-order valence-corrected chi connectivity index (χ3v) is 2.00. The lowest BCUT2D eigenvalue weighted by molar-refractivity contribution is 0.0697. The number of amides is 1. The number of carbonyl (C=O) groups excluding carboxylic acids is 1. The Morgan fingerprint density at radius 1 is 1.54 bits per heavy atom. The fourth-order valence-corrected chi connectivity index (χ4v) is 1.33. The molecule has 0 aliphatic carbocycles. The number of hydrogen-bond donors (Lipinski definition) is 2. The lowest BCUT2D eigenvalue weighted by Gasteiger charge is -1.87. The summed E-state index contributed by atoms with van der Waals surface area (Å²) in [7, 11) is 0. The van der Waals surface area contributed by atoms with Crippen molar-refractivity contribution in [1.29, 1.82) is 0 Å². The van der Waals surface area contributed by atoms with Crippen molar-refractivity contribution in [1.82, 2.24) is 4.98 Å². The van der Waals surface area contributed by atoms with E-state index in [1.165, 1.54) is 0 Å². The molecule has 0 unspecified atom stereocenters. The molecule has 8 heteroatoms. The molecule has 0 fully saturated rings. The zero-order valence-corrected chi connectivity index (χ0v) is 6.87. The molecule has 0 atom stereocenters. The summed E-state index contributed by atoms with van der Waals surface area (Å²) in [5.74, 6) is -2.59. The average molecular weight is 201 g/mol. The standard InChI is InChI=1S/C5H3N3O4S/c6-5-7-1(3(9)8-12)2(13-5)4(10)11/h(H2,6,7)(H,10,11). The molecule has 1 aromatic rings. The first-order chi connectivity index (χ1) is 6.06. The van der Waals surface area contributed by atoms with Crippen molar-refractivity contribution in [3.63, 3.8) is 0 Å². The second-order valence-electron chi connectivity index (χ2n) is 1.93. The van der Waals surface area contributed by atoms with Crippen molar-refractivity contribution in [3.05, 3.63) is 15.5 Å². The van der Waals surface area contributed by atoms with E-state index in [2.05, 4.69) is 10.2 Å². The predicted molar refractivity (Wildman–Crippen MR) is 43.6 cm³/mol. The van der Waals surface area contributed by atoms with Gasteiger partial charge in [0.15, 0.2) is 10.8 Å². The van der Waals surface area contributed by atoms with Crippen molar-refractivity contribution in [2.45, 2.75) is 0 Å². The number of aromatic nitrogens is 1. The average Bonchev–Trinajstić information content (AvgIpc) is 2.46. The maximum absolute atomic E-state index is 10.7. The number of hydrogen-bond acceptors (Lipinski definition) is 6. The normalized spacial score (nSPS) is 9.54. The van der Waals surface area contributed by atoms with Gasteiger partial charge in [0.2, 0.25) is 0 Å². The summed E-state index contributed by atoms with van der Waals surface area (Å²) in [6, 6.07) is 0. The Hall–Kier alpha value is -1.83. The van der Waals surface area contributed by atoms with E-state index in [0.717, 1.165) is 0 Å². The number of carbonyl (C=O) groups is 2. The minimum absolute atomic E-state index is 0.0931. The molecule has 3 N–H and O–H groups in total. The number of nitrogen functional groups attached to an aromatic ring is 1. The number of carboxylic acids is 1. The van der Waals surface area contributed by atoms with Gasteiger partial charge in [0.05, 0.1) is 0 Å². The monoisotopic (exact) mass is 201 g/mol. The van der Waals surface area contributed by atoms with Gasteiger partial charge in [-0.2, -0.15) is 0 Å². The lowest BCUT2D eigenvalue weighted by atomic mass is 10.3. The van der Waals surface area contributed by atoms with Crippen LogP contribution in [0.15, 0.2) is 5.18 Å². The van der Waals surface area contributed by atoms with Gasteiger partial charge in [-0.3, -0.25) is 4.79 Å². The number of rotatable bonds is 2. The van der Waals surface area contributed by atoms with Gasteiger partial charge in [-0.25, -0.2) is 9.78 Å². The zero-order chi connectivity index (χ0) is 10.0. The lowest BCUT2D eigenvalue weighted by Crippen LogP contribution is -2.03. The number of nitrogens with zero attached hydrogens (tertiary/aromatic N) is 2. The molecule has 0 aromatic carbocycles. The topological polar surface area (TPSA) is 123 Å². The molecule has 0 aliphatic heterocycles. The Kier molecular flexibility index (Phi) is 2.33. The summed E-state index contributed by atoms with van der Waals surface area (Å²) in [6.45, 7) is 0. The highest BCUT2D eigenvalue weighted by Crippen LogP contribution is 2.20. The Morgan fingerprint density at radius 2 is 2.15 bits per heavy atom. The molecule has 0 radical (unpaired) electrons. The van der Waals surface area contributed by atoms with Crippen LogP contribution in [0.3, 0.4) is 0 Å². The summed E-state index contributed by atoms with van der Waals surface area (Å²) in [5, 5.41) is 10.5. The second kappa shape index (κ2) is 3.27. The first-order valence-electron chi connectivity index (χ1n) is 2.93. The molecule has 1 aromatic heterocycles. The molecule has 0 bridgehead atoms. The fourth-order valence-electron chi connectivity index (χ4n) is 0.670. The van der Waals surface area contributed by atoms with E-state index < -0.39 is 17.6 Å². The van der Waals surface area contributed by atoms with Crippen LogP contribution in [0, 0.1) is 4.91 Å². The molecule has 7 nitrogen and oxygen atoms in total. The van der Waals surface area contributed by atoms with Crippen molar-refractivity contribution >= 4 is 28.3 Å². The van der Waals surface area contributed by atoms with E-state index >= 15 is 0 Å². The zero-order valence-electron chi connectivity index (χ0n) is 6.05. The highest BCUT2D eigenvalue weighted by Gasteiger charge is 2.22. The van der Waals surface area contributed by atoms with Crippen LogP contribution in [0.1, 0.15) is 20.2 Å². The Bertz CT molecular complexity index is 385. The van der Waals surface area contributed by atoms with Crippen molar-refractivity contribution in [2.24, 2.45) is 5.18 Å². The first kappa shape index (κ1) is 9.26. The van der Waals surface area contributed by atoms with E-state index in [4.69, 9.17) is 10.8 Å². The van der Waals surface area contributed by atoms with Crippen LogP contribution in [-0.2, 0) is 0 Å². The molecule has 13 heavy (non-hydrogen) atoms. The summed E-state index contributed by atoms with van der Waals surface area (Å²) in [4.78, 5) is 34.0. The van der Waals surface area contributed by atoms with Crippen LogP contribution >= 0.6 is 11.3 Å². The first-order valence-corrected chi connectivity index (χ1v) is 3.75. The van der Waals surface area contributed by atoms with E-state index in [1.54, 1.807) is 0 Å². The number of carboxylic acid groups (broad SMARTS) is 1. The second-order valence-corrected chi connectivity index (χ2v) is 2.96. The van der Waals surface area contributed by atoms with Crippen LogP contribution < -0.4 is 5.73 Å². The number of thiazole rings is 1. The third-order valence-electron chi connectivity index (χ3n) is 1.12. The summed E-state index contributed by atoms with van der Waals surface area (Å²) in [6.07, 6.45) is 0. The molecule has 0 spiro atoms. The molecule has 0 saturated heterocycles. The Labute approximate surface area is 75.2 Å². The largest absolute Gasteiger partial charge is 0.477 e. The Balaban J connectivity index is 3.26. The molecule has 0 aliphatic rings. The van der Waals surface area contributed by atoms with Gasteiger partial charge in [-0.1, -0.05) is 11.3 Å². The summed E-state index contributed by atoms with van der Waals surface area (Å²) < 4.78 is 0. The van der Waals surface area contributed by atoms with Crippen molar-refractivity contribution in [3.8, 4) is 0 Å². The maximum Gasteiger partial charge on any atom is 0.348 e. The van der Waals surface area contributed by atoms with Gasteiger partial charge in [0.1, 0.15) is 4.88 Å².